The van der Waals surface area contributed by atoms with Gasteiger partial charge in [-0.25, -0.2) is 0 Å². The molecule has 0 aromatic rings. The zero-order valence-corrected chi connectivity index (χ0v) is 21.3. The van der Waals surface area contributed by atoms with E-state index in [9.17, 15) is 9.59 Å². The fourth-order valence-electron chi connectivity index (χ4n) is 4.05. The van der Waals surface area contributed by atoms with Crippen molar-refractivity contribution >= 4 is 11.8 Å². The van der Waals surface area contributed by atoms with E-state index in [4.69, 9.17) is 0 Å². The third kappa shape index (κ3) is 8.85. The van der Waals surface area contributed by atoms with Gasteiger partial charge in [-0.05, 0) is 50.9 Å². The first-order valence-corrected chi connectivity index (χ1v) is 12.4. The third-order valence-electron chi connectivity index (χ3n) is 6.29. The average molecular weight is 478 g/mol. The van der Waals surface area contributed by atoms with Crippen LogP contribution in [0.15, 0.2) is 83.8 Å². The second-order valence-electron chi connectivity index (χ2n) is 9.25. The highest BCUT2D eigenvalue weighted by atomic mass is 16.2. The zero-order chi connectivity index (χ0) is 25.0. The minimum Gasteiger partial charge on any atom is -0.372 e. The molecule has 3 heterocycles. The fourth-order valence-corrected chi connectivity index (χ4v) is 4.05. The van der Waals surface area contributed by atoms with E-state index in [0.29, 0.717) is 12.0 Å². The number of likely N-dealkylation sites (N-methyl/N-ethyl adjacent to an activating group) is 2. The van der Waals surface area contributed by atoms with Crippen molar-refractivity contribution in [1.82, 2.24) is 24.9 Å². The first kappa shape index (κ1) is 26.4. The normalized spacial score (nSPS) is 23.1. The van der Waals surface area contributed by atoms with E-state index in [1.807, 2.05) is 31.4 Å². The van der Waals surface area contributed by atoms with Crippen LogP contribution in [-0.2, 0) is 9.59 Å². The molecule has 0 radical (unpaired) electrons. The Morgan fingerprint density at radius 2 is 1.71 bits per heavy atom. The molecule has 188 valence electrons. The van der Waals surface area contributed by atoms with Gasteiger partial charge in [0.25, 0.3) is 11.8 Å². The molecule has 0 aromatic heterocycles. The summed E-state index contributed by atoms with van der Waals surface area (Å²) in [6.45, 7) is 9.60. The average Bonchev–Trinajstić information content (AvgIpc) is 3.46. The summed E-state index contributed by atoms with van der Waals surface area (Å²) in [6.07, 6.45) is 22.9. The van der Waals surface area contributed by atoms with Gasteiger partial charge in [0.15, 0.2) is 0 Å². The molecular formula is C28H39N5O2. The van der Waals surface area contributed by atoms with E-state index in [-0.39, 0.29) is 11.8 Å². The first-order chi connectivity index (χ1) is 16.9. The van der Waals surface area contributed by atoms with Crippen LogP contribution in [0.2, 0.25) is 0 Å². The van der Waals surface area contributed by atoms with Crippen LogP contribution >= 0.6 is 0 Å². The van der Waals surface area contributed by atoms with Gasteiger partial charge in [-0.1, -0.05) is 42.5 Å². The van der Waals surface area contributed by atoms with Crippen molar-refractivity contribution in [2.45, 2.75) is 13.3 Å². The molecule has 7 heteroatoms. The number of hydrogen-bond acceptors (Lipinski definition) is 6. The number of nitrogens with zero attached hydrogens (tertiary/aromatic N) is 4. The molecule has 3 aliphatic rings. The highest BCUT2D eigenvalue weighted by molar-refractivity contribution is 6.18. The molecule has 0 spiro atoms. The number of imide groups is 1. The van der Waals surface area contributed by atoms with Crippen LogP contribution in [-0.4, -0.2) is 97.9 Å². The molecule has 2 amide bonds. The lowest BCUT2D eigenvalue weighted by atomic mass is 10.0. The summed E-state index contributed by atoms with van der Waals surface area (Å²) in [6, 6.07) is 0. The maximum atomic E-state index is 12.2. The Balaban J connectivity index is 1.42. The topological polar surface area (TPSA) is 59.1 Å². The van der Waals surface area contributed by atoms with Gasteiger partial charge in [-0.3, -0.25) is 14.9 Å². The molecule has 1 N–H and O–H groups in total. The predicted octanol–water partition coefficient (Wildman–Crippen LogP) is 2.47. The van der Waals surface area contributed by atoms with Crippen molar-refractivity contribution in [3.63, 3.8) is 0 Å². The third-order valence-corrected chi connectivity index (χ3v) is 6.29. The number of allylic oxidation sites excluding steroid dienone is 6. The van der Waals surface area contributed by atoms with Crippen molar-refractivity contribution in [2.75, 3.05) is 66.5 Å². The Hall–Kier alpha value is -3.16. The molecule has 0 saturated carbocycles. The molecule has 0 atom stereocenters. The van der Waals surface area contributed by atoms with E-state index in [2.05, 4.69) is 75.6 Å². The molecule has 0 unspecified atom stereocenters. The summed E-state index contributed by atoms with van der Waals surface area (Å²) in [7, 11) is 4.33. The van der Waals surface area contributed by atoms with Gasteiger partial charge >= 0.3 is 0 Å². The minimum absolute atomic E-state index is 0.309. The Bertz CT molecular complexity index is 970. The van der Waals surface area contributed by atoms with E-state index >= 15 is 0 Å². The molecule has 0 bridgehead atoms. The number of carbonyl (C=O) groups excluding carboxylic acids is 2. The summed E-state index contributed by atoms with van der Waals surface area (Å²) in [5.74, 6) is -0.647. The summed E-state index contributed by atoms with van der Waals surface area (Å²) in [5.41, 5.74) is 2.69. The molecule has 0 aromatic carbocycles. The quantitative estimate of drug-likeness (QED) is 0.462. The van der Waals surface area contributed by atoms with Crippen LogP contribution in [0.3, 0.4) is 0 Å². The molecule has 7 nitrogen and oxygen atoms in total. The van der Waals surface area contributed by atoms with E-state index in [0.717, 1.165) is 57.9 Å². The highest BCUT2D eigenvalue weighted by Gasteiger charge is 2.24. The van der Waals surface area contributed by atoms with Gasteiger partial charge in [-0.2, -0.15) is 0 Å². The maximum absolute atomic E-state index is 12.2. The lowest BCUT2D eigenvalue weighted by molar-refractivity contribution is -0.123. The Morgan fingerprint density at radius 1 is 1.00 bits per heavy atom. The number of nitrogens with one attached hydrogen (secondary N) is 1. The first-order valence-electron chi connectivity index (χ1n) is 12.4. The maximum Gasteiger partial charge on any atom is 0.258 e. The molecular weight excluding hydrogens is 438 g/mol. The van der Waals surface area contributed by atoms with E-state index in [1.54, 1.807) is 0 Å². The number of amides is 2. The summed E-state index contributed by atoms with van der Waals surface area (Å²) >= 11 is 0. The number of rotatable bonds is 11. The molecule has 3 rings (SSSR count). The highest BCUT2D eigenvalue weighted by Crippen LogP contribution is 2.20. The predicted molar refractivity (Wildman–Crippen MR) is 142 cm³/mol. The summed E-state index contributed by atoms with van der Waals surface area (Å²) in [4.78, 5) is 33.1. The number of hydrogen-bond donors (Lipinski definition) is 1. The zero-order valence-electron chi connectivity index (χ0n) is 21.3. The van der Waals surface area contributed by atoms with Crippen molar-refractivity contribution in [3.05, 3.63) is 83.8 Å². The lowest BCUT2D eigenvalue weighted by Gasteiger charge is -2.27. The van der Waals surface area contributed by atoms with Gasteiger partial charge in [0.1, 0.15) is 0 Å². The molecule has 0 aliphatic carbocycles. The van der Waals surface area contributed by atoms with Crippen molar-refractivity contribution in [1.29, 1.82) is 0 Å². The van der Waals surface area contributed by atoms with Gasteiger partial charge in [0.05, 0.1) is 5.57 Å². The SMILES string of the molecule is C/C=C\C=C1\C=CN(CCN(C)CCN(C)CCN2/C=C(/C3=CC(=O)NC3=O)C/C=C\C=C/C2)C1. The van der Waals surface area contributed by atoms with Gasteiger partial charge in [-0.15, -0.1) is 0 Å². The smallest absolute Gasteiger partial charge is 0.258 e. The van der Waals surface area contributed by atoms with Crippen LogP contribution in [0, 0.1) is 0 Å². The Kier molecular flexibility index (Phi) is 10.3. The van der Waals surface area contributed by atoms with Crippen molar-refractivity contribution in [3.8, 4) is 0 Å². The van der Waals surface area contributed by atoms with E-state index in [1.165, 1.54) is 11.6 Å². The minimum atomic E-state index is -0.338. The van der Waals surface area contributed by atoms with Crippen LogP contribution < -0.4 is 5.32 Å². The Labute approximate surface area is 210 Å². The van der Waals surface area contributed by atoms with Gasteiger partial charge in [0, 0.05) is 64.6 Å². The molecule has 35 heavy (non-hydrogen) atoms. The molecule has 3 aliphatic heterocycles. The van der Waals surface area contributed by atoms with Gasteiger partial charge in [0.2, 0.25) is 0 Å². The fraction of sp³-hybridized carbons (Fsp3) is 0.429. The largest absolute Gasteiger partial charge is 0.372 e. The lowest BCUT2D eigenvalue weighted by Crippen LogP contribution is -2.37. The monoisotopic (exact) mass is 477 g/mol. The van der Waals surface area contributed by atoms with Crippen LogP contribution in [0.25, 0.3) is 0 Å². The second kappa shape index (κ2) is 13.7. The van der Waals surface area contributed by atoms with Gasteiger partial charge < -0.3 is 19.6 Å². The Morgan fingerprint density at radius 3 is 2.40 bits per heavy atom. The second-order valence-corrected chi connectivity index (χ2v) is 9.25. The van der Waals surface area contributed by atoms with Crippen LogP contribution in [0.4, 0.5) is 0 Å². The van der Waals surface area contributed by atoms with Crippen LogP contribution in [0.5, 0.6) is 0 Å². The summed E-state index contributed by atoms with van der Waals surface area (Å²) in [5, 5.41) is 2.35. The summed E-state index contributed by atoms with van der Waals surface area (Å²) < 4.78 is 0. The van der Waals surface area contributed by atoms with Crippen molar-refractivity contribution in [2.24, 2.45) is 0 Å². The van der Waals surface area contributed by atoms with Crippen molar-refractivity contribution < 1.29 is 9.59 Å². The standard InChI is InChI=1S/C28H39N5O2/c1-4-5-10-24-12-14-33(22-24)20-18-31(3)16-15-30(2)17-19-32-13-9-7-6-8-11-25(23-32)26-21-27(34)29-28(26)35/h4-10,12,14,21,23H,11,13,15-20,22H2,1-3H3,(H,29,34,35)/b5-4-,8-6-,9-7-,24-10-,25-23+. The van der Waals surface area contributed by atoms with Crippen LogP contribution in [0.1, 0.15) is 13.3 Å². The molecule has 0 fully saturated rings. The van der Waals surface area contributed by atoms with E-state index < -0.39 is 0 Å². The number of carbonyl (C=O) groups is 2. The molecule has 0 saturated heterocycles.